The van der Waals surface area contributed by atoms with E-state index in [0.29, 0.717) is 12.5 Å². The molecule has 0 bridgehead atoms. The van der Waals surface area contributed by atoms with Gasteiger partial charge in [0.25, 0.3) is 0 Å². The van der Waals surface area contributed by atoms with E-state index in [1.807, 2.05) is 33.0 Å². The summed E-state index contributed by atoms with van der Waals surface area (Å²) in [6, 6.07) is 8.01. The maximum Gasteiger partial charge on any atom is 0.189 e. The second kappa shape index (κ2) is 7.57. The molecule has 120 valence electrons. The van der Waals surface area contributed by atoms with E-state index in [4.69, 9.17) is 5.73 Å². The second-order valence-electron chi connectivity index (χ2n) is 5.80. The van der Waals surface area contributed by atoms with Crippen LogP contribution in [0.25, 0.3) is 5.69 Å². The van der Waals surface area contributed by atoms with Gasteiger partial charge in [0.1, 0.15) is 5.82 Å². The first-order valence-corrected chi connectivity index (χ1v) is 6.72. The minimum absolute atomic E-state index is 0. The van der Waals surface area contributed by atoms with Crippen LogP contribution < -0.4 is 11.1 Å². The van der Waals surface area contributed by atoms with Gasteiger partial charge in [0, 0.05) is 11.7 Å². The van der Waals surface area contributed by atoms with Crippen molar-refractivity contribution in [3.63, 3.8) is 0 Å². The molecule has 0 aliphatic carbocycles. The van der Waals surface area contributed by atoms with Crippen LogP contribution in [0, 0.1) is 5.82 Å². The van der Waals surface area contributed by atoms with Crippen LogP contribution in [0.3, 0.4) is 0 Å². The largest absolute Gasteiger partial charge is 0.370 e. The van der Waals surface area contributed by atoms with Crippen LogP contribution in [0.1, 0.15) is 26.5 Å². The van der Waals surface area contributed by atoms with Gasteiger partial charge >= 0.3 is 0 Å². The minimum Gasteiger partial charge on any atom is -0.370 e. The summed E-state index contributed by atoms with van der Waals surface area (Å²) in [5, 5.41) is 7.47. The number of rotatable bonds is 3. The van der Waals surface area contributed by atoms with E-state index in [1.165, 1.54) is 12.1 Å². The number of nitrogens with two attached hydrogens (primary N) is 1. The number of nitrogens with zero attached hydrogens (tertiary/aromatic N) is 3. The lowest BCUT2D eigenvalue weighted by molar-refractivity contribution is 0.508. The van der Waals surface area contributed by atoms with Gasteiger partial charge in [-0.1, -0.05) is 0 Å². The summed E-state index contributed by atoms with van der Waals surface area (Å²) in [7, 11) is 0. The normalized spacial score (nSPS) is 11.9. The van der Waals surface area contributed by atoms with Gasteiger partial charge in [-0.05, 0) is 51.1 Å². The number of benzene rings is 1. The van der Waals surface area contributed by atoms with Crippen molar-refractivity contribution in [1.82, 2.24) is 15.1 Å². The lowest BCUT2D eigenvalue weighted by atomic mass is 10.1. The SMILES string of the molecule is CC(C)(C)NC(N)=NCc1ccn(-c2ccc(F)cc2)n1.I. The molecule has 22 heavy (non-hydrogen) atoms. The van der Waals surface area contributed by atoms with Gasteiger partial charge in [-0.3, -0.25) is 0 Å². The zero-order valence-electron chi connectivity index (χ0n) is 12.9. The van der Waals surface area contributed by atoms with Gasteiger partial charge in [-0.2, -0.15) is 5.10 Å². The van der Waals surface area contributed by atoms with Crippen molar-refractivity contribution in [2.45, 2.75) is 32.9 Å². The highest BCUT2D eigenvalue weighted by molar-refractivity contribution is 14.0. The van der Waals surface area contributed by atoms with Crippen molar-refractivity contribution in [2.24, 2.45) is 10.7 Å². The third-order valence-electron chi connectivity index (χ3n) is 2.65. The molecule has 1 aromatic carbocycles. The third-order valence-corrected chi connectivity index (χ3v) is 2.65. The number of aliphatic imine (C=N–C) groups is 1. The topological polar surface area (TPSA) is 68.2 Å². The van der Waals surface area contributed by atoms with Crippen molar-refractivity contribution in [3.05, 3.63) is 48.0 Å². The summed E-state index contributed by atoms with van der Waals surface area (Å²) in [5.41, 5.74) is 7.27. The Labute approximate surface area is 146 Å². The summed E-state index contributed by atoms with van der Waals surface area (Å²) < 4.78 is 14.6. The van der Waals surface area contributed by atoms with Crippen molar-refractivity contribution >= 4 is 29.9 Å². The fraction of sp³-hybridized carbons (Fsp3) is 0.333. The van der Waals surface area contributed by atoms with E-state index in [0.717, 1.165) is 11.4 Å². The minimum atomic E-state index is -0.267. The predicted molar refractivity (Wildman–Crippen MR) is 97.2 cm³/mol. The maximum absolute atomic E-state index is 12.9. The summed E-state index contributed by atoms with van der Waals surface area (Å²) in [6.07, 6.45) is 1.81. The number of nitrogens with one attached hydrogen (secondary N) is 1. The molecule has 3 N–H and O–H groups in total. The lowest BCUT2D eigenvalue weighted by Crippen LogP contribution is -2.44. The molecule has 2 aromatic rings. The molecule has 0 atom stereocenters. The lowest BCUT2D eigenvalue weighted by Gasteiger charge is -2.20. The maximum atomic E-state index is 12.9. The second-order valence-corrected chi connectivity index (χ2v) is 5.80. The standard InChI is InChI=1S/C15H20FN5.HI/c1-15(2,3)19-14(17)18-10-12-8-9-21(20-12)13-6-4-11(16)5-7-13;/h4-9H,10H2,1-3H3,(H3,17,18,19);1H. The highest BCUT2D eigenvalue weighted by Crippen LogP contribution is 2.09. The molecular formula is C15H21FIN5. The van der Waals surface area contributed by atoms with E-state index >= 15 is 0 Å². The van der Waals surface area contributed by atoms with Crippen LogP contribution in [-0.2, 0) is 6.54 Å². The molecule has 7 heteroatoms. The fourth-order valence-corrected chi connectivity index (χ4v) is 1.77. The number of guanidine groups is 1. The third kappa shape index (κ3) is 5.63. The number of hydrogen-bond donors (Lipinski definition) is 2. The molecule has 0 radical (unpaired) electrons. The average Bonchev–Trinajstić information content (AvgIpc) is 2.84. The molecule has 0 fully saturated rings. The average molecular weight is 417 g/mol. The van der Waals surface area contributed by atoms with E-state index in [2.05, 4.69) is 15.4 Å². The molecule has 0 aliphatic heterocycles. The van der Waals surface area contributed by atoms with Crippen LogP contribution in [0.2, 0.25) is 0 Å². The first kappa shape index (κ1) is 18.4. The van der Waals surface area contributed by atoms with Crippen LogP contribution in [0.5, 0.6) is 0 Å². The van der Waals surface area contributed by atoms with Crippen LogP contribution in [-0.4, -0.2) is 21.3 Å². The molecular weight excluding hydrogens is 396 g/mol. The van der Waals surface area contributed by atoms with Crippen LogP contribution >= 0.6 is 24.0 Å². The number of hydrogen-bond acceptors (Lipinski definition) is 2. The molecule has 0 saturated carbocycles. The van der Waals surface area contributed by atoms with Gasteiger partial charge in [0.15, 0.2) is 5.96 Å². The van der Waals surface area contributed by atoms with Gasteiger partial charge in [0.05, 0.1) is 17.9 Å². The van der Waals surface area contributed by atoms with Gasteiger partial charge in [-0.15, -0.1) is 24.0 Å². The summed E-state index contributed by atoms with van der Waals surface area (Å²) in [4.78, 5) is 4.25. The molecule has 0 unspecified atom stereocenters. The number of aromatic nitrogens is 2. The van der Waals surface area contributed by atoms with Gasteiger partial charge in [0.2, 0.25) is 0 Å². The predicted octanol–water partition coefficient (Wildman–Crippen LogP) is 2.83. The van der Waals surface area contributed by atoms with Crippen LogP contribution in [0.4, 0.5) is 4.39 Å². The molecule has 2 rings (SSSR count). The molecule has 0 amide bonds. The Hall–Kier alpha value is -1.64. The monoisotopic (exact) mass is 417 g/mol. The molecule has 0 spiro atoms. The molecule has 5 nitrogen and oxygen atoms in total. The zero-order chi connectivity index (χ0) is 15.5. The summed E-state index contributed by atoms with van der Waals surface area (Å²) in [5.74, 6) is 0.121. The quantitative estimate of drug-likeness (QED) is 0.459. The summed E-state index contributed by atoms with van der Waals surface area (Å²) in [6.45, 7) is 6.43. The molecule has 1 heterocycles. The zero-order valence-corrected chi connectivity index (χ0v) is 15.2. The molecule has 1 aromatic heterocycles. The molecule has 0 aliphatic rings. The van der Waals surface area contributed by atoms with Crippen LogP contribution in [0.15, 0.2) is 41.5 Å². The first-order valence-electron chi connectivity index (χ1n) is 6.72. The Morgan fingerprint density at radius 2 is 1.91 bits per heavy atom. The Bertz CT molecular complexity index is 628. The Morgan fingerprint density at radius 3 is 2.50 bits per heavy atom. The molecule has 0 saturated heterocycles. The smallest absolute Gasteiger partial charge is 0.189 e. The van der Waals surface area contributed by atoms with E-state index < -0.39 is 0 Å². The summed E-state index contributed by atoms with van der Waals surface area (Å²) >= 11 is 0. The van der Waals surface area contributed by atoms with Crippen molar-refractivity contribution in [1.29, 1.82) is 0 Å². The Kier molecular flexibility index (Phi) is 6.34. The Morgan fingerprint density at radius 1 is 1.27 bits per heavy atom. The van der Waals surface area contributed by atoms with E-state index in [-0.39, 0.29) is 35.3 Å². The highest BCUT2D eigenvalue weighted by Gasteiger charge is 2.09. The van der Waals surface area contributed by atoms with Gasteiger partial charge in [-0.25, -0.2) is 14.1 Å². The van der Waals surface area contributed by atoms with Crippen molar-refractivity contribution in [2.75, 3.05) is 0 Å². The van der Waals surface area contributed by atoms with Crippen molar-refractivity contribution in [3.8, 4) is 5.69 Å². The van der Waals surface area contributed by atoms with Gasteiger partial charge < -0.3 is 11.1 Å². The Balaban J connectivity index is 0.00000242. The number of halogens is 2. The van der Waals surface area contributed by atoms with Crippen molar-refractivity contribution < 1.29 is 4.39 Å². The van der Waals surface area contributed by atoms with E-state index in [1.54, 1.807) is 16.8 Å². The first-order chi connectivity index (χ1) is 9.83. The highest BCUT2D eigenvalue weighted by atomic mass is 127. The van der Waals surface area contributed by atoms with E-state index in [9.17, 15) is 4.39 Å². The fourth-order valence-electron chi connectivity index (χ4n) is 1.77.